The molecule has 112 valence electrons. The van der Waals surface area contributed by atoms with Crippen molar-refractivity contribution in [1.29, 1.82) is 0 Å². The summed E-state index contributed by atoms with van der Waals surface area (Å²) < 4.78 is 24.3. The van der Waals surface area contributed by atoms with Gasteiger partial charge in [0, 0.05) is 25.7 Å². The van der Waals surface area contributed by atoms with Crippen molar-refractivity contribution in [1.82, 2.24) is 9.62 Å². The summed E-state index contributed by atoms with van der Waals surface area (Å²) in [6, 6.07) is 0.329. The lowest BCUT2D eigenvalue weighted by atomic mass is 9.98. The van der Waals surface area contributed by atoms with E-state index >= 15 is 0 Å². The maximum absolute atomic E-state index is 11.4. The molecule has 0 aromatic rings. The van der Waals surface area contributed by atoms with Crippen LogP contribution in [-0.4, -0.2) is 50.6 Å². The zero-order chi connectivity index (χ0) is 14.5. The number of nitrogens with one attached hydrogen (secondary N) is 1. The predicted octanol–water partition coefficient (Wildman–Crippen LogP) is 0.361. The van der Waals surface area contributed by atoms with E-state index in [1.54, 1.807) is 0 Å². The van der Waals surface area contributed by atoms with Crippen LogP contribution >= 0.6 is 0 Å². The molecule has 0 aromatic heterocycles. The van der Waals surface area contributed by atoms with Gasteiger partial charge < -0.3 is 11.1 Å². The fourth-order valence-electron chi connectivity index (χ4n) is 2.05. The van der Waals surface area contributed by atoms with Gasteiger partial charge in [0.05, 0.1) is 6.26 Å². The molecule has 0 bridgehead atoms. The Morgan fingerprint density at radius 1 is 1.47 bits per heavy atom. The fourth-order valence-corrected chi connectivity index (χ4v) is 2.93. The van der Waals surface area contributed by atoms with Gasteiger partial charge in [0.1, 0.15) is 0 Å². The maximum atomic E-state index is 11.4. The molecule has 0 saturated carbocycles. The molecule has 1 heterocycles. The van der Waals surface area contributed by atoms with E-state index in [-0.39, 0.29) is 0 Å². The Hall–Kier alpha value is -0.820. The van der Waals surface area contributed by atoms with Crippen molar-refractivity contribution >= 4 is 16.0 Å². The van der Waals surface area contributed by atoms with Gasteiger partial charge in [-0.15, -0.1) is 0 Å². The molecule has 0 amide bonds. The number of guanidine groups is 1. The first-order valence-corrected chi connectivity index (χ1v) is 8.69. The number of aliphatic imine (C=N–C) groups is 1. The molecule has 1 aliphatic rings. The third kappa shape index (κ3) is 5.78. The monoisotopic (exact) mass is 290 g/mol. The first-order chi connectivity index (χ1) is 8.82. The molecule has 6 nitrogen and oxygen atoms in total. The van der Waals surface area contributed by atoms with E-state index in [0.29, 0.717) is 37.6 Å². The molecule has 0 aromatic carbocycles. The van der Waals surface area contributed by atoms with Gasteiger partial charge >= 0.3 is 0 Å². The van der Waals surface area contributed by atoms with Gasteiger partial charge in [-0.25, -0.2) is 12.7 Å². The molecule has 19 heavy (non-hydrogen) atoms. The standard InChI is InChI=1S/C12H26N4O2S/c1-4-10(2)15-12(13)14-9-11-5-7-16(8-6-11)19(3,17)18/h10-11H,4-9H2,1-3H3,(H3,13,14,15). The number of piperidine rings is 1. The molecule has 3 N–H and O–H groups in total. The van der Waals surface area contributed by atoms with E-state index in [9.17, 15) is 8.42 Å². The molecule has 1 rings (SSSR count). The Morgan fingerprint density at radius 3 is 2.53 bits per heavy atom. The fraction of sp³-hybridized carbons (Fsp3) is 0.917. The molecule has 1 aliphatic heterocycles. The van der Waals surface area contributed by atoms with Crippen molar-refractivity contribution in [2.45, 2.75) is 39.2 Å². The summed E-state index contributed by atoms with van der Waals surface area (Å²) in [5, 5.41) is 3.12. The number of nitrogens with two attached hydrogens (primary N) is 1. The molecule has 1 atom stereocenters. The average molecular weight is 290 g/mol. The Bertz CT molecular complexity index is 400. The van der Waals surface area contributed by atoms with E-state index < -0.39 is 10.0 Å². The minimum atomic E-state index is -3.04. The first-order valence-electron chi connectivity index (χ1n) is 6.84. The summed E-state index contributed by atoms with van der Waals surface area (Å²) in [6.07, 6.45) is 3.98. The van der Waals surface area contributed by atoms with E-state index in [1.165, 1.54) is 10.6 Å². The van der Waals surface area contributed by atoms with E-state index in [2.05, 4.69) is 24.2 Å². The summed E-state index contributed by atoms with van der Waals surface area (Å²) >= 11 is 0. The van der Waals surface area contributed by atoms with Crippen molar-refractivity contribution in [3.63, 3.8) is 0 Å². The van der Waals surface area contributed by atoms with E-state index in [1.807, 2.05) is 0 Å². The van der Waals surface area contributed by atoms with Gasteiger partial charge in [-0.3, -0.25) is 4.99 Å². The number of nitrogens with zero attached hydrogens (tertiary/aromatic N) is 2. The molecular formula is C12H26N4O2S. The van der Waals surface area contributed by atoms with Crippen LogP contribution in [-0.2, 0) is 10.0 Å². The SMILES string of the molecule is CCC(C)NC(N)=NCC1CCN(S(C)(=O)=O)CC1. The lowest BCUT2D eigenvalue weighted by Gasteiger charge is -2.29. The molecule has 0 radical (unpaired) electrons. The van der Waals surface area contributed by atoms with Crippen molar-refractivity contribution in [3.8, 4) is 0 Å². The Labute approximate surface area is 116 Å². The highest BCUT2D eigenvalue weighted by Gasteiger charge is 2.24. The van der Waals surface area contributed by atoms with Gasteiger partial charge in [-0.05, 0) is 32.1 Å². The molecule has 1 fully saturated rings. The molecule has 7 heteroatoms. The number of hydrogen-bond acceptors (Lipinski definition) is 3. The Kier molecular flexibility index (Phi) is 6.06. The molecule has 1 unspecified atom stereocenters. The average Bonchev–Trinajstić information content (AvgIpc) is 2.35. The van der Waals surface area contributed by atoms with Gasteiger partial charge in [-0.1, -0.05) is 6.92 Å². The highest BCUT2D eigenvalue weighted by molar-refractivity contribution is 7.88. The van der Waals surface area contributed by atoms with Crippen LogP contribution in [0.3, 0.4) is 0 Å². The molecule has 1 saturated heterocycles. The highest BCUT2D eigenvalue weighted by Crippen LogP contribution is 2.19. The number of hydrogen-bond donors (Lipinski definition) is 2. The minimum Gasteiger partial charge on any atom is -0.370 e. The lowest BCUT2D eigenvalue weighted by Crippen LogP contribution is -2.40. The largest absolute Gasteiger partial charge is 0.370 e. The summed E-state index contributed by atoms with van der Waals surface area (Å²) in [6.45, 7) is 6.02. The summed E-state index contributed by atoms with van der Waals surface area (Å²) in [5.41, 5.74) is 5.80. The zero-order valence-corrected chi connectivity index (χ0v) is 12.9. The zero-order valence-electron chi connectivity index (χ0n) is 12.1. The highest BCUT2D eigenvalue weighted by atomic mass is 32.2. The third-order valence-corrected chi connectivity index (χ3v) is 4.87. The second-order valence-electron chi connectivity index (χ2n) is 5.28. The van der Waals surface area contributed by atoms with Crippen molar-refractivity contribution in [3.05, 3.63) is 0 Å². The van der Waals surface area contributed by atoms with Crippen LogP contribution < -0.4 is 11.1 Å². The molecular weight excluding hydrogens is 264 g/mol. The summed E-state index contributed by atoms with van der Waals surface area (Å²) in [5.74, 6) is 0.912. The van der Waals surface area contributed by atoms with Crippen LogP contribution in [0.5, 0.6) is 0 Å². The van der Waals surface area contributed by atoms with Crippen LogP contribution in [0.15, 0.2) is 4.99 Å². The van der Waals surface area contributed by atoms with Crippen molar-refractivity contribution in [2.75, 3.05) is 25.9 Å². The molecule has 0 spiro atoms. The Balaban J connectivity index is 2.35. The number of sulfonamides is 1. The van der Waals surface area contributed by atoms with Crippen LogP contribution in [0.25, 0.3) is 0 Å². The van der Waals surface area contributed by atoms with Crippen LogP contribution in [0.1, 0.15) is 33.1 Å². The number of rotatable bonds is 5. The second-order valence-corrected chi connectivity index (χ2v) is 7.27. The van der Waals surface area contributed by atoms with Gasteiger partial charge in [-0.2, -0.15) is 0 Å². The third-order valence-electron chi connectivity index (χ3n) is 3.57. The lowest BCUT2D eigenvalue weighted by molar-refractivity contribution is 0.280. The maximum Gasteiger partial charge on any atom is 0.211 e. The van der Waals surface area contributed by atoms with Crippen LogP contribution in [0, 0.1) is 5.92 Å². The van der Waals surface area contributed by atoms with Gasteiger partial charge in [0.15, 0.2) is 5.96 Å². The van der Waals surface area contributed by atoms with Gasteiger partial charge in [0.2, 0.25) is 10.0 Å². The predicted molar refractivity (Wildman–Crippen MR) is 78.5 cm³/mol. The quantitative estimate of drug-likeness (QED) is 0.565. The first kappa shape index (κ1) is 16.2. The van der Waals surface area contributed by atoms with Gasteiger partial charge in [0.25, 0.3) is 0 Å². The Morgan fingerprint density at radius 2 is 2.05 bits per heavy atom. The van der Waals surface area contributed by atoms with Crippen molar-refractivity contribution < 1.29 is 8.42 Å². The normalized spacial score (nSPS) is 21.3. The topological polar surface area (TPSA) is 87.8 Å². The summed E-state index contributed by atoms with van der Waals surface area (Å²) in [4.78, 5) is 4.34. The van der Waals surface area contributed by atoms with E-state index in [0.717, 1.165) is 19.3 Å². The summed E-state index contributed by atoms with van der Waals surface area (Å²) in [7, 11) is -3.04. The second kappa shape index (κ2) is 7.09. The minimum absolute atomic E-state index is 0.329. The van der Waals surface area contributed by atoms with Crippen LogP contribution in [0.2, 0.25) is 0 Å². The van der Waals surface area contributed by atoms with Crippen LogP contribution in [0.4, 0.5) is 0 Å². The molecule has 0 aliphatic carbocycles. The van der Waals surface area contributed by atoms with E-state index in [4.69, 9.17) is 5.73 Å². The van der Waals surface area contributed by atoms with Crippen molar-refractivity contribution in [2.24, 2.45) is 16.6 Å². The smallest absolute Gasteiger partial charge is 0.211 e.